The molecule has 0 radical (unpaired) electrons. The second kappa shape index (κ2) is 9.88. The van der Waals surface area contributed by atoms with Crippen LogP contribution in [-0.2, 0) is 10.8 Å². The molecule has 0 amide bonds. The van der Waals surface area contributed by atoms with Gasteiger partial charge in [0, 0.05) is 34.9 Å². The molecule has 1 aromatic rings. The van der Waals surface area contributed by atoms with E-state index in [-0.39, 0.29) is 0 Å². The highest BCUT2D eigenvalue weighted by atomic mass is 32.2. The Morgan fingerprint density at radius 2 is 2.00 bits per heavy atom. The van der Waals surface area contributed by atoms with Crippen LogP contribution in [0, 0.1) is 6.92 Å². The predicted octanol–water partition coefficient (Wildman–Crippen LogP) is 2.96. The van der Waals surface area contributed by atoms with Crippen molar-refractivity contribution in [3.05, 3.63) is 17.4 Å². The molecular formula is C13H22O4S. The van der Waals surface area contributed by atoms with E-state index in [1.165, 1.54) is 6.42 Å². The Bertz CT molecular complexity index is 367. The molecule has 0 atom stereocenters. The summed E-state index contributed by atoms with van der Waals surface area (Å²) < 4.78 is 20.1. The van der Waals surface area contributed by atoms with E-state index >= 15 is 0 Å². The molecule has 4 nitrogen and oxygen atoms in total. The largest absolute Gasteiger partial charge is 0.465 e. The van der Waals surface area contributed by atoms with Gasteiger partial charge in [-0.05, 0) is 13.3 Å². The Morgan fingerprint density at radius 1 is 1.39 bits per heavy atom. The molecule has 0 fully saturated rings. The molecule has 0 aliphatic heterocycles. The van der Waals surface area contributed by atoms with Crippen LogP contribution in [-0.4, -0.2) is 29.6 Å². The average molecular weight is 274 g/mol. The van der Waals surface area contributed by atoms with Gasteiger partial charge < -0.3 is 9.15 Å². The summed E-state index contributed by atoms with van der Waals surface area (Å²) in [7, 11) is -0.611. The molecule has 5 heteroatoms. The molecule has 0 saturated carbocycles. The minimum Gasteiger partial charge on any atom is -0.465 e. The maximum atomic E-state index is 10.5. The summed E-state index contributed by atoms with van der Waals surface area (Å²) >= 11 is 0. The first kappa shape index (κ1) is 16.9. The van der Waals surface area contributed by atoms with Crippen LogP contribution >= 0.6 is 0 Å². The Labute approximate surface area is 111 Å². The van der Waals surface area contributed by atoms with E-state index in [0.717, 1.165) is 18.4 Å². The van der Waals surface area contributed by atoms with Crippen LogP contribution in [0.2, 0.25) is 0 Å². The van der Waals surface area contributed by atoms with Gasteiger partial charge in [0.2, 0.25) is 0 Å². The monoisotopic (exact) mass is 274 g/mol. The second-order valence-corrected chi connectivity index (χ2v) is 5.51. The molecule has 0 unspecified atom stereocenters. The predicted molar refractivity (Wildman–Crippen MR) is 73.8 cm³/mol. The summed E-state index contributed by atoms with van der Waals surface area (Å²) in [6, 6.07) is 1.75. The Hall–Kier alpha value is -1.10. The van der Waals surface area contributed by atoms with Crippen molar-refractivity contribution in [1.29, 1.82) is 0 Å². The topological polar surface area (TPSA) is 56.5 Å². The Morgan fingerprint density at radius 3 is 2.44 bits per heavy atom. The number of aldehydes is 1. The number of hydrogen-bond acceptors (Lipinski definition) is 4. The van der Waals surface area contributed by atoms with Crippen LogP contribution in [0.25, 0.3) is 0 Å². The van der Waals surface area contributed by atoms with Crippen molar-refractivity contribution in [3.63, 3.8) is 0 Å². The third-order valence-corrected chi connectivity index (χ3v) is 2.03. The fourth-order valence-electron chi connectivity index (χ4n) is 1.18. The second-order valence-electron chi connectivity index (χ2n) is 4.03. The molecule has 0 aliphatic rings. The van der Waals surface area contributed by atoms with Gasteiger partial charge in [0.15, 0.2) is 12.0 Å². The zero-order valence-electron chi connectivity index (χ0n) is 11.5. The summed E-state index contributed by atoms with van der Waals surface area (Å²) in [4.78, 5) is 10.5. The highest BCUT2D eigenvalue weighted by Crippen LogP contribution is 2.19. The molecule has 1 heterocycles. The van der Waals surface area contributed by atoms with Gasteiger partial charge >= 0.3 is 0 Å². The van der Waals surface area contributed by atoms with Crippen molar-refractivity contribution in [3.8, 4) is 5.95 Å². The summed E-state index contributed by atoms with van der Waals surface area (Å²) in [6.45, 7) is 4.62. The third kappa shape index (κ3) is 8.06. The summed E-state index contributed by atoms with van der Waals surface area (Å²) in [5, 5.41) is 0. The molecule has 18 heavy (non-hydrogen) atoms. The number of rotatable bonds is 6. The van der Waals surface area contributed by atoms with Gasteiger partial charge in [-0.3, -0.25) is 9.00 Å². The van der Waals surface area contributed by atoms with Crippen LogP contribution in [0.4, 0.5) is 0 Å². The van der Waals surface area contributed by atoms with Crippen molar-refractivity contribution in [1.82, 2.24) is 0 Å². The summed E-state index contributed by atoms with van der Waals surface area (Å²) in [6.07, 6.45) is 7.32. The Balaban J connectivity index is 0.000000631. The van der Waals surface area contributed by atoms with E-state index in [0.29, 0.717) is 24.6 Å². The smallest absolute Gasteiger partial charge is 0.285 e. The number of hydrogen-bond donors (Lipinski definition) is 0. The van der Waals surface area contributed by atoms with Crippen molar-refractivity contribution in [2.45, 2.75) is 33.1 Å². The lowest BCUT2D eigenvalue weighted by Gasteiger charge is -2.00. The van der Waals surface area contributed by atoms with Crippen LogP contribution in [0.5, 0.6) is 5.95 Å². The van der Waals surface area contributed by atoms with E-state index < -0.39 is 10.8 Å². The lowest BCUT2D eigenvalue weighted by Crippen LogP contribution is -1.95. The highest BCUT2D eigenvalue weighted by Gasteiger charge is 2.06. The number of ether oxygens (including phenoxy) is 1. The maximum Gasteiger partial charge on any atom is 0.285 e. The first-order valence-corrected chi connectivity index (χ1v) is 7.91. The number of unbranched alkanes of at least 4 members (excludes halogenated alkanes) is 2. The highest BCUT2D eigenvalue weighted by molar-refractivity contribution is 7.83. The van der Waals surface area contributed by atoms with E-state index in [4.69, 9.17) is 9.15 Å². The van der Waals surface area contributed by atoms with Gasteiger partial charge in [0.05, 0.1) is 6.61 Å². The summed E-state index contributed by atoms with van der Waals surface area (Å²) in [5.74, 6) is 0.802. The van der Waals surface area contributed by atoms with Crippen molar-refractivity contribution < 1.29 is 18.2 Å². The van der Waals surface area contributed by atoms with Gasteiger partial charge in [-0.15, -0.1) is 0 Å². The summed E-state index contributed by atoms with van der Waals surface area (Å²) in [5.41, 5.74) is 0.825. The Kier molecular flexibility index (Phi) is 9.28. The van der Waals surface area contributed by atoms with Crippen LogP contribution in [0.1, 0.15) is 42.3 Å². The minimum atomic E-state index is -0.611. The van der Waals surface area contributed by atoms with Crippen LogP contribution in [0.15, 0.2) is 10.5 Å². The van der Waals surface area contributed by atoms with Crippen LogP contribution in [0.3, 0.4) is 0 Å². The third-order valence-electron chi connectivity index (χ3n) is 2.03. The molecule has 1 aromatic heterocycles. The quantitative estimate of drug-likeness (QED) is 0.591. The molecule has 0 aliphatic carbocycles. The fraction of sp³-hybridized carbons (Fsp3) is 0.615. The lowest BCUT2D eigenvalue weighted by molar-refractivity contribution is 0.109. The number of furan rings is 1. The van der Waals surface area contributed by atoms with E-state index in [1.807, 2.05) is 6.92 Å². The van der Waals surface area contributed by atoms with Crippen LogP contribution < -0.4 is 4.74 Å². The lowest BCUT2D eigenvalue weighted by atomic mass is 10.3. The first-order chi connectivity index (χ1) is 8.51. The SMILES string of the molecule is CCCCCOc1cc(C)c(C=O)o1.CS(C)=O. The molecule has 0 aromatic carbocycles. The zero-order chi connectivity index (χ0) is 14.0. The van der Waals surface area contributed by atoms with Gasteiger partial charge in [-0.1, -0.05) is 19.8 Å². The van der Waals surface area contributed by atoms with Crippen molar-refractivity contribution in [2.75, 3.05) is 19.1 Å². The molecule has 0 spiro atoms. The molecule has 104 valence electrons. The van der Waals surface area contributed by atoms with E-state index in [2.05, 4.69) is 6.92 Å². The maximum absolute atomic E-state index is 10.5. The van der Waals surface area contributed by atoms with E-state index in [9.17, 15) is 9.00 Å². The number of carbonyl (C=O) groups excluding carboxylic acids is 1. The molecule has 0 saturated heterocycles. The van der Waals surface area contributed by atoms with Gasteiger partial charge in [0.25, 0.3) is 5.95 Å². The van der Waals surface area contributed by atoms with Crippen molar-refractivity contribution in [2.24, 2.45) is 0 Å². The molecule has 0 N–H and O–H groups in total. The minimum absolute atomic E-state index is 0.357. The van der Waals surface area contributed by atoms with Gasteiger partial charge in [-0.2, -0.15) is 0 Å². The standard InChI is InChI=1S/C11H16O3.C2H6OS/c1-3-4-5-6-13-11-7-9(2)10(8-12)14-11;1-4(2)3/h7-8H,3-6H2,1-2H3;1-2H3. The first-order valence-electron chi connectivity index (χ1n) is 5.94. The van der Waals surface area contributed by atoms with Crippen molar-refractivity contribution >= 4 is 17.1 Å². The van der Waals surface area contributed by atoms with E-state index in [1.54, 1.807) is 18.6 Å². The molecule has 0 bridgehead atoms. The van der Waals surface area contributed by atoms with Gasteiger partial charge in [-0.25, -0.2) is 0 Å². The fourth-order valence-corrected chi connectivity index (χ4v) is 1.18. The average Bonchev–Trinajstić information content (AvgIpc) is 2.64. The number of carbonyl (C=O) groups is 1. The molecule has 1 rings (SSSR count). The normalized spacial score (nSPS) is 9.83. The number of aryl methyl sites for hydroxylation is 1. The zero-order valence-corrected chi connectivity index (χ0v) is 12.3. The van der Waals surface area contributed by atoms with Gasteiger partial charge in [0.1, 0.15) is 0 Å². The molecular weight excluding hydrogens is 252 g/mol.